The minimum atomic E-state index is -1.67. The van der Waals surface area contributed by atoms with Crippen molar-refractivity contribution < 1.29 is 0 Å². The fraction of sp³-hybridized carbons (Fsp3) is 0.750. The molecule has 2 aliphatic carbocycles. The minimum Gasteiger partial charge on any atom is -0.0821 e. The molecule has 0 N–H and O–H groups in total. The molecule has 1 fully saturated rings. The SMILES string of the molecule is C[Si](C)(C)[C@H]1C2=CC=C([Si](C)(C)[Si](C)(C)C)[C@@H]1[C@@H]1C([Si](C)(C)[Si](C)(C)C)=CC=C([C@@H]1[Si](C)(C)C)[Si](C)(C)[Si]2(C)C. The molecule has 40 heavy (non-hydrogen) atoms. The Balaban J connectivity index is 2.66. The van der Waals surface area contributed by atoms with Crippen LogP contribution in [-0.2, 0) is 0 Å². The molecule has 1 aliphatic heterocycles. The van der Waals surface area contributed by atoms with E-state index in [0.29, 0.717) is 0 Å². The van der Waals surface area contributed by atoms with Crippen molar-refractivity contribution in [3.05, 3.63) is 45.1 Å². The Bertz CT molecular complexity index is 1060. The van der Waals surface area contributed by atoms with Crippen LogP contribution in [0.3, 0.4) is 0 Å². The predicted molar refractivity (Wildman–Crippen MR) is 210 cm³/mol. The number of hydrogen-bond acceptors (Lipinski definition) is 0. The Morgan fingerprint density at radius 1 is 0.425 bits per heavy atom. The topological polar surface area (TPSA) is 0 Å². The van der Waals surface area contributed by atoms with Crippen LogP contribution >= 0.6 is 0 Å². The maximum Gasteiger partial charge on any atom is 0.0737 e. The van der Waals surface area contributed by atoms with Gasteiger partial charge in [-0.25, -0.2) is 0 Å². The van der Waals surface area contributed by atoms with Crippen LogP contribution in [0.5, 0.6) is 0 Å². The highest BCUT2D eigenvalue weighted by Gasteiger charge is 2.64. The van der Waals surface area contributed by atoms with E-state index in [4.69, 9.17) is 0 Å². The average Bonchev–Trinajstić information content (AvgIpc) is 2.73. The molecule has 1 heterocycles. The summed E-state index contributed by atoms with van der Waals surface area (Å²) in [4.78, 5) is 0. The molecule has 1 saturated heterocycles. The maximum atomic E-state index is 2.84. The first kappa shape index (κ1) is 35.2. The van der Waals surface area contributed by atoms with E-state index in [-0.39, 0.29) is 0 Å². The molecule has 0 radical (unpaired) electrons. The van der Waals surface area contributed by atoms with E-state index in [9.17, 15) is 0 Å². The second-order valence-corrected chi connectivity index (χ2v) is 79.2. The van der Waals surface area contributed by atoms with Crippen LogP contribution < -0.4 is 0 Å². The zero-order valence-corrected chi connectivity index (χ0v) is 38.6. The number of rotatable bonds is 6. The molecule has 8 heteroatoms. The van der Waals surface area contributed by atoms with E-state index in [1.54, 1.807) is 0 Å². The van der Waals surface area contributed by atoms with Crippen molar-refractivity contribution in [3.63, 3.8) is 0 Å². The summed E-state index contributed by atoms with van der Waals surface area (Å²) in [5, 5.41) is 8.04. The Morgan fingerprint density at radius 3 is 0.875 bits per heavy atom. The fourth-order valence-corrected chi connectivity index (χ4v) is 41.2. The van der Waals surface area contributed by atoms with Gasteiger partial charge in [-0.1, -0.05) is 176 Å². The molecule has 4 atom stereocenters. The third-order valence-electron chi connectivity index (χ3n) is 13.4. The molecule has 3 aliphatic rings. The highest BCUT2D eigenvalue weighted by atomic mass is 29.3. The molecular weight excluding hydrogens is 609 g/mol. The summed E-state index contributed by atoms with van der Waals surface area (Å²) in [5.74, 6) is 1.51. The normalized spacial score (nSPS) is 29.5. The van der Waals surface area contributed by atoms with Gasteiger partial charge in [-0.05, 0) is 22.9 Å². The van der Waals surface area contributed by atoms with Crippen molar-refractivity contribution in [1.82, 2.24) is 0 Å². The summed E-state index contributed by atoms with van der Waals surface area (Å²) in [6.45, 7) is 55.4. The molecule has 228 valence electrons. The van der Waals surface area contributed by atoms with Crippen LogP contribution in [0.15, 0.2) is 45.1 Å². The monoisotopic (exact) mass is 676 g/mol. The summed E-state index contributed by atoms with van der Waals surface area (Å²) < 4.78 is 0. The Morgan fingerprint density at radius 2 is 0.675 bits per heavy atom. The Labute approximate surface area is 259 Å². The second kappa shape index (κ2) is 10.1. The zero-order chi connectivity index (χ0) is 31.4. The molecule has 0 amide bonds. The molecule has 0 unspecified atom stereocenters. The van der Waals surface area contributed by atoms with E-state index in [0.717, 1.165) is 22.9 Å². The third kappa shape index (κ3) is 5.32. The third-order valence-corrected chi connectivity index (χ3v) is 72.8. The maximum absolute atomic E-state index is 2.84. The first-order chi connectivity index (χ1) is 17.4. The van der Waals surface area contributed by atoms with Crippen LogP contribution in [0, 0.1) is 11.8 Å². The van der Waals surface area contributed by atoms with Crippen molar-refractivity contribution in [3.8, 4) is 0 Å². The van der Waals surface area contributed by atoms with Gasteiger partial charge in [-0.3, -0.25) is 0 Å². The van der Waals surface area contributed by atoms with Crippen molar-refractivity contribution >= 4 is 61.7 Å². The smallest absolute Gasteiger partial charge is 0.0737 e. The average molecular weight is 678 g/mol. The zero-order valence-electron chi connectivity index (χ0n) is 30.6. The summed E-state index contributed by atoms with van der Waals surface area (Å²) >= 11 is 0. The number of hydrogen-bond donors (Lipinski definition) is 0. The van der Waals surface area contributed by atoms with Gasteiger partial charge in [0.1, 0.15) is 0 Å². The highest BCUT2D eigenvalue weighted by molar-refractivity contribution is 7.47. The number of allylic oxidation sites excluding steroid dienone is 8. The lowest BCUT2D eigenvalue weighted by Gasteiger charge is -2.63. The van der Waals surface area contributed by atoms with Gasteiger partial charge in [-0.2, -0.15) is 0 Å². The first-order valence-electron chi connectivity index (χ1n) is 16.3. The molecule has 4 bridgehead atoms. The molecule has 0 aromatic carbocycles. The van der Waals surface area contributed by atoms with Crippen molar-refractivity contribution in [2.24, 2.45) is 11.8 Å². The largest absolute Gasteiger partial charge is 0.0821 e. The molecule has 0 aromatic heterocycles. The summed E-state index contributed by atoms with van der Waals surface area (Å²) in [7, 11) is -12.3. The van der Waals surface area contributed by atoms with Crippen LogP contribution in [0.25, 0.3) is 0 Å². The van der Waals surface area contributed by atoms with Gasteiger partial charge < -0.3 is 0 Å². The second-order valence-electron chi connectivity index (χ2n) is 20.2. The summed E-state index contributed by atoms with van der Waals surface area (Å²) in [6, 6.07) is 0. The van der Waals surface area contributed by atoms with E-state index < -0.39 is 61.7 Å². The van der Waals surface area contributed by atoms with Gasteiger partial charge in [0.25, 0.3) is 0 Å². The molecule has 0 nitrogen and oxygen atoms in total. The molecule has 3 rings (SSSR count). The van der Waals surface area contributed by atoms with E-state index in [2.05, 4.69) is 155 Å². The first-order valence-corrected chi connectivity index (χ1v) is 45.5. The quantitative estimate of drug-likeness (QED) is 0.246. The van der Waals surface area contributed by atoms with Crippen molar-refractivity contribution in [2.75, 3.05) is 0 Å². The van der Waals surface area contributed by atoms with Gasteiger partial charge in [-0.15, -0.1) is 0 Å². The van der Waals surface area contributed by atoms with Gasteiger partial charge in [0.15, 0.2) is 0 Å². The predicted octanol–water partition coefficient (Wildman–Crippen LogP) is 11.3. The van der Waals surface area contributed by atoms with E-state index in [1.165, 1.54) is 0 Å². The van der Waals surface area contributed by atoms with Gasteiger partial charge in [0.05, 0.1) is 46.5 Å². The molecule has 0 aromatic rings. The van der Waals surface area contributed by atoms with Crippen molar-refractivity contribution in [1.29, 1.82) is 0 Å². The number of fused-ring (bicyclic) bond motifs is 5. The molecular formula is C32H68Si8. The van der Waals surface area contributed by atoms with E-state index in [1.807, 2.05) is 20.8 Å². The lowest BCUT2D eigenvalue weighted by Crippen LogP contribution is -2.68. The van der Waals surface area contributed by atoms with Gasteiger partial charge >= 0.3 is 0 Å². The standard InChI is InChI=1S/C32H68Si8/c1-33(2,3)31-27-23-21-25(37(13,14)35(7,8)9)29(31)30-26(38(15,16)36(10,11)12)22-24-28(32(30)34(4,5)6)40(19,20)39(27,17)18/h21-24,29-32H,1-20H3/t29-,30+,31-,32-/m0/s1. The lowest BCUT2D eigenvalue weighted by atomic mass is 9.80. The summed E-state index contributed by atoms with van der Waals surface area (Å²) in [6.07, 6.45) is 11.3. The van der Waals surface area contributed by atoms with Gasteiger partial charge in [0.2, 0.25) is 0 Å². The molecule has 0 saturated carbocycles. The fourth-order valence-electron chi connectivity index (χ4n) is 8.38. The van der Waals surface area contributed by atoms with Crippen LogP contribution in [0.1, 0.15) is 0 Å². The minimum absolute atomic E-state index is 0.756. The van der Waals surface area contributed by atoms with Gasteiger partial charge in [0, 0.05) is 15.2 Å². The van der Waals surface area contributed by atoms with E-state index >= 15 is 0 Å². The highest BCUT2D eigenvalue weighted by Crippen LogP contribution is 2.64. The molecule has 0 spiro atoms. The summed E-state index contributed by atoms with van der Waals surface area (Å²) in [5.41, 5.74) is 1.64. The lowest BCUT2D eigenvalue weighted by molar-refractivity contribution is 0.433. The van der Waals surface area contributed by atoms with Crippen LogP contribution in [0.4, 0.5) is 0 Å². The van der Waals surface area contributed by atoms with Crippen molar-refractivity contribution in [2.45, 2.75) is 142 Å². The Kier molecular flexibility index (Phi) is 8.89. The van der Waals surface area contributed by atoms with Crippen LogP contribution in [-0.4, -0.2) is 61.7 Å². The van der Waals surface area contributed by atoms with Crippen LogP contribution in [0.2, 0.25) is 142 Å². The Hall–Kier alpha value is 0.695.